The number of aryl methyl sites for hydroxylation is 2. The van der Waals surface area contributed by atoms with Gasteiger partial charge in [0.2, 0.25) is 5.91 Å². The fourth-order valence-corrected chi connectivity index (χ4v) is 2.50. The molecule has 0 spiro atoms. The third-order valence-corrected chi connectivity index (χ3v) is 4.02. The van der Waals surface area contributed by atoms with Gasteiger partial charge in [-0.25, -0.2) is 0 Å². The van der Waals surface area contributed by atoms with Gasteiger partial charge in [0.1, 0.15) is 0 Å². The van der Waals surface area contributed by atoms with Gasteiger partial charge in [-0.3, -0.25) is 4.79 Å². The van der Waals surface area contributed by atoms with Crippen LogP contribution in [0, 0.1) is 13.8 Å². The third kappa shape index (κ3) is 3.38. The highest BCUT2D eigenvalue weighted by molar-refractivity contribution is 5.79. The molecule has 0 saturated carbocycles. The van der Waals surface area contributed by atoms with E-state index in [-0.39, 0.29) is 18.1 Å². The predicted octanol–water partition coefficient (Wildman–Crippen LogP) is 1.42. The van der Waals surface area contributed by atoms with Gasteiger partial charge >= 0.3 is 0 Å². The standard InChI is InChI=1S/C16H24N2O2/c1-11-4-5-14(6-12(11)2)7-16(19)18-9-15(8-17)20-10-13(18)3/h4-6,13,15H,7-10,17H2,1-3H3. The van der Waals surface area contributed by atoms with Crippen molar-refractivity contribution >= 4 is 5.91 Å². The zero-order chi connectivity index (χ0) is 14.7. The van der Waals surface area contributed by atoms with Gasteiger partial charge in [-0.1, -0.05) is 18.2 Å². The number of ether oxygens (including phenoxy) is 1. The number of nitrogens with two attached hydrogens (primary N) is 1. The van der Waals surface area contributed by atoms with Crippen LogP contribution in [-0.4, -0.2) is 42.6 Å². The van der Waals surface area contributed by atoms with Gasteiger partial charge in [-0.05, 0) is 37.5 Å². The number of amides is 1. The van der Waals surface area contributed by atoms with Crippen molar-refractivity contribution in [1.29, 1.82) is 0 Å². The summed E-state index contributed by atoms with van der Waals surface area (Å²) in [6.07, 6.45) is 0.415. The molecule has 2 N–H and O–H groups in total. The minimum absolute atomic E-state index is 0.0325. The molecule has 1 fully saturated rings. The van der Waals surface area contributed by atoms with E-state index in [4.69, 9.17) is 10.5 Å². The molecule has 110 valence electrons. The molecular weight excluding hydrogens is 252 g/mol. The normalized spacial score (nSPS) is 22.9. The van der Waals surface area contributed by atoms with Gasteiger partial charge < -0.3 is 15.4 Å². The summed E-state index contributed by atoms with van der Waals surface area (Å²) in [7, 11) is 0. The fraction of sp³-hybridized carbons (Fsp3) is 0.562. The summed E-state index contributed by atoms with van der Waals surface area (Å²) in [5, 5.41) is 0. The van der Waals surface area contributed by atoms with Crippen LogP contribution in [0.1, 0.15) is 23.6 Å². The van der Waals surface area contributed by atoms with Crippen molar-refractivity contribution < 1.29 is 9.53 Å². The lowest BCUT2D eigenvalue weighted by molar-refractivity contribution is -0.142. The predicted molar refractivity (Wildman–Crippen MR) is 79.6 cm³/mol. The lowest BCUT2D eigenvalue weighted by Crippen LogP contribution is -2.53. The lowest BCUT2D eigenvalue weighted by Gasteiger charge is -2.37. The number of nitrogens with zero attached hydrogens (tertiary/aromatic N) is 1. The van der Waals surface area contributed by atoms with Gasteiger partial charge in [0.15, 0.2) is 0 Å². The van der Waals surface area contributed by atoms with Gasteiger partial charge in [0, 0.05) is 13.1 Å². The van der Waals surface area contributed by atoms with Crippen molar-refractivity contribution in [3.63, 3.8) is 0 Å². The summed E-state index contributed by atoms with van der Waals surface area (Å²) in [6.45, 7) is 7.80. The van der Waals surface area contributed by atoms with Crippen molar-refractivity contribution in [3.05, 3.63) is 34.9 Å². The van der Waals surface area contributed by atoms with E-state index < -0.39 is 0 Å². The number of carbonyl (C=O) groups is 1. The summed E-state index contributed by atoms with van der Waals surface area (Å²) >= 11 is 0. The van der Waals surface area contributed by atoms with Crippen LogP contribution in [-0.2, 0) is 16.0 Å². The van der Waals surface area contributed by atoms with Crippen molar-refractivity contribution in [1.82, 2.24) is 4.90 Å². The maximum absolute atomic E-state index is 12.5. The van der Waals surface area contributed by atoms with Gasteiger partial charge in [-0.2, -0.15) is 0 Å². The van der Waals surface area contributed by atoms with E-state index >= 15 is 0 Å². The minimum atomic E-state index is -0.0325. The maximum Gasteiger partial charge on any atom is 0.227 e. The van der Waals surface area contributed by atoms with Crippen LogP contribution < -0.4 is 5.73 Å². The number of rotatable bonds is 3. The molecule has 20 heavy (non-hydrogen) atoms. The molecule has 0 aromatic heterocycles. The Balaban J connectivity index is 2.04. The second-order valence-corrected chi connectivity index (χ2v) is 5.68. The highest BCUT2D eigenvalue weighted by Crippen LogP contribution is 2.15. The van der Waals surface area contributed by atoms with Crippen LogP contribution in [0.5, 0.6) is 0 Å². The molecule has 0 aliphatic carbocycles. The molecular formula is C16H24N2O2. The number of benzene rings is 1. The average Bonchev–Trinajstić information content (AvgIpc) is 2.43. The van der Waals surface area contributed by atoms with E-state index in [1.165, 1.54) is 11.1 Å². The van der Waals surface area contributed by atoms with Gasteiger partial charge in [0.05, 0.1) is 25.2 Å². The first-order valence-corrected chi connectivity index (χ1v) is 7.18. The summed E-state index contributed by atoms with van der Waals surface area (Å²) in [4.78, 5) is 14.4. The Hall–Kier alpha value is -1.39. The smallest absolute Gasteiger partial charge is 0.227 e. The fourth-order valence-electron chi connectivity index (χ4n) is 2.50. The SMILES string of the molecule is Cc1ccc(CC(=O)N2CC(CN)OCC2C)cc1C. The Kier molecular flexibility index (Phi) is 4.78. The minimum Gasteiger partial charge on any atom is -0.373 e. The van der Waals surface area contributed by atoms with Crippen LogP contribution in [0.25, 0.3) is 0 Å². The zero-order valence-electron chi connectivity index (χ0n) is 12.6. The van der Waals surface area contributed by atoms with Gasteiger partial charge in [-0.15, -0.1) is 0 Å². The molecule has 1 aromatic rings. The van der Waals surface area contributed by atoms with Crippen LogP contribution in [0.4, 0.5) is 0 Å². The van der Waals surface area contributed by atoms with E-state index in [2.05, 4.69) is 26.0 Å². The molecule has 0 radical (unpaired) electrons. The van der Waals surface area contributed by atoms with Crippen molar-refractivity contribution in [2.75, 3.05) is 19.7 Å². The Bertz CT molecular complexity index is 487. The first-order valence-electron chi connectivity index (χ1n) is 7.18. The molecule has 1 aliphatic heterocycles. The Morgan fingerprint density at radius 2 is 2.15 bits per heavy atom. The molecule has 4 heteroatoms. The van der Waals surface area contributed by atoms with E-state index in [9.17, 15) is 4.79 Å². The van der Waals surface area contributed by atoms with Crippen molar-refractivity contribution in [3.8, 4) is 0 Å². The molecule has 2 rings (SSSR count). The summed E-state index contributed by atoms with van der Waals surface area (Å²) in [5.74, 6) is 0.155. The van der Waals surface area contributed by atoms with E-state index in [0.29, 0.717) is 26.1 Å². The second kappa shape index (κ2) is 6.37. The van der Waals surface area contributed by atoms with E-state index in [1.54, 1.807) is 0 Å². The topological polar surface area (TPSA) is 55.6 Å². The van der Waals surface area contributed by atoms with Crippen LogP contribution in [0.2, 0.25) is 0 Å². The van der Waals surface area contributed by atoms with E-state index in [0.717, 1.165) is 5.56 Å². The first-order chi connectivity index (χ1) is 9.51. The quantitative estimate of drug-likeness (QED) is 0.908. The largest absolute Gasteiger partial charge is 0.373 e. The summed E-state index contributed by atoms with van der Waals surface area (Å²) in [5.41, 5.74) is 9.19. The molecule has 1 aliphatic rings. The van der Waals surface area contributed by atoms with Crippen LogP contribution >= 0.6 is 0 Å². The second-order valence-electron chi connectivity index (χ2n) is 5.68. The van der Waals surface area contributed by atoms with E-state index in [1.807, 2.05) is 17.9 Å². The number of carbonyl (C=O) groups excluding carboxylic acids is 1. The molecule has 1 saturated heterocycles. The lowest BCUT2D eigenvalue weighted by atomic mass is 10.0. The van der Waals surface area contributed by atoms with Crippen molar-refractivity contribution in [2.24, 2.45) is 5.73 Å². The molecule has 1 amide bonds. The number of hydrogen-bond donors (Lipinski definition) is 1. The van der Waals surface area contributed by atoms with Crippen LogP contribution in [0.15, 0.2) is 18.2 Å². The molecule has 1 aromatic carbocycles. The number of hydrogen-bond acceptors (Lipinski definition) is 3. The number of morpholine rings is 1. The first kappa shape index (κ1) is 15.0. The maximum atomic E-state index is 12.5. The molecule has 0 bridgehead atoms. The Labute approximate surface area is 120 Å². The molecule has 2 unspecified atom stereocenters. The third-order valence-electron chi connectivity index (χ3n) is 4.02. The Morgan fingerprint density at radius 3 is 2.80 bits per heavy atom. The highest BCUT2D eigenvalue weighted by Gasteiger charge is 2.28. The Morgan fingerprint density at radius 1 is 1.40 bits per heavy atom. The van der Waals surface area contributed by atoms with Crippen molar-refractivity contribution in [2.45, 2.75) is 39.3 Å². The van der Waals surface area contributed by atoms with Crippen LogP contribution in [0.3, 0.4) is 0 Å². The summed E-state index contributed by atoms with van der Waals surface area (Å²) in [6, 6.07) is 6.32. The zero-order valence-corrected chi connectivity index (χ0v) is 12.6. The highest BCUT2D eigenvalue weighted by atomic mass is 16.5. The average molecular weight is 276 g/mol. The molecule has 2 atom stereocenters. The van der Waals surface area contributed by atoms with Gasteiger partial charge in [0.25, 0.3) is 0 Å². The molecule has 1 heterocycles. The molecule has 4 nitrogen and oxygen atoms in total. The summed E-state index contributed by atoms with van der Waals surface area (Å²) < 4.78 is 5.59. The monoisotopic (exact) mass is 276 g/mol.